The van der Waals surface area contributed by atoms with Crippen molar-refractivity contribution in [1.29, 1.82) is 0 Å². The largest absolute Gasteiger partial charge is 0.508 e. The van der Waals surface area contributed by atoms with Crippen molar-refractivity contribution in [3.63, 3.8) is 0 Å². The van der Waals surface area contributed by atoms with E-state index in [0.717, 1.165) is 6.42 Å². The second-order valence-corrected chi connectivity index (χ2v) is 5.72. The molecule has 3 fully saturated rings. The molecular formula is C13H21O3. The molecule has 0 N–H and O–H groups in total. The first-order valence-corrected chi connectivity index (χ1v) is 6.12. The molecule has 0 spiro atoms. The van der Waals surface area contributed by atoms with Crippen molar-refractivity contribution >= 4 is 6.16 Å². The minimum atomic E-state index is -0.557. The molecule has 0 amide bonds. The number of rotatable bonds is 2. The minimum Gasteiger partial charge on any atom is -0.431 e. The van der Waals surface area contributed by atoms with Gasteiger partial charge in [-0.25, -0.2) is 4.79 Å². The molecule has 0 aromatic heterocycles. The van der Waals surface area contributed by atoms with Crippen LogP contribution in [0, 0.1) is 29.8 Å². The van der Waals surface area contributed by atoms with Crippen LogP contribution in [0.2, 0.25) is 0 Å². The van der Waals surface area contributed by atoms with Gasteiger partial charge in [-0.1, -0.05) is 20.8 Å². The molecule has 1 radical (unpaired) electrons. The lowest BCUT2D eigenvalue weighted by atomic mass is 9.45. The summed E-state index contributed by atoms with van der Waals surface area (Å²) in [4.78, 5) is 11.3. The Hall–Kier alpha value is -0.730. The Bertz CT molecular complexity index is 285. The van der Waals surface area contributed by atoms with Crippen LogP contribution >= 0.6 is 0 Å². The van der Waals surface area contributed by atoms with Crippen LogP contribution < -0.4 is 0 Å². The van der Waals surface area contributed by atoms with Crippen LogP contribution in [0.4, 0.5) is 4.79 Å². The number of fused-ring (bicyclic) bond motifs is 2. The lowest BCUT2D eigenvalue weighted by molar-refractivity contribution is -0.160. The highest BCUT2D eigenvalue weighted by molar-refractivity contribution is 5.60. The van der Waals surface area contributed by atoms with Gasteiger partial charge in [0.25, 0.3) is 0 Å². The molecule has 0 aliphatic heterocycles. The predicted octanol–water partition coefficient (Wildman–Crippen LogP) is 3.39. The predicted molar refractivity (Wildman–Crippen MR) is 60.5 cm³/mol. The molecule has 16 heavy (non-hydrogen) atoms. The summed E-state index contributed by atoms with van der Waals surface area (Å²) in [5.41, 5.74) is 0.431. The molecule has 0 aromatic carbocycles. The van der Waals surface area contributed by atoms with Crippen LogP contribution in [-0.4, -0.2) is 12.3 Å². The second-order valence-electron chi connectivity index (χ2n) is 5.72. The molecule has 0 heterocycles. The van der Waals surface area contributed by atoms with Crippen molar-refractivity contribution < 1.29 is 14.3 Å². The minimum absolute atomic E-state index is 0.0456. The van der Waals surface area contributed by atoms with Gasteiger partial charge in [0.15, 0.2) is 0 Å². The van der Waals surface area contributed by atoms with Crippen molar-refractivity contribution in [2.75, 3.05) is 0 Å². The quantitative estimate of drug-likeness (QED) is 0.676. The van der Waals surface area contributed by atoms with Gasteiger partial charge in [-0.15, -0.1) is 0 Å². The molecule has 3 saturated carbocycles. The lowest BCUT2D eigenvalue weighted by Crippen LogP contribution is -2.57. The summed E-state index contributed by atoms with van der Waals surface area (Å²) in [5, 5.41) is 0. The summed E-state index contributed by atoms with van der Waals surface area (Å²) in [5.74, 6) is 1.84. The third-order valence-electron chi connectivity index (χ3n) is 4.75. The second kappa shape index (κ2) is 3.94. The standard InChI is InChI=1S/C13H21O3/c1-5-15-12(14)16-11-7-9-6-10(8(11)2)13(9,3)4/h5,8-11H,6-7H2,1-4H3. The summed E-state index contributed by atoms with van der Waals surface area (Å²) in [6, 6.07) is 0. The van der Waals surface area contributed by atoms with Crippen molar-refractivity contribution in [3.8, 4) is 0 Å². The number of ether oxygens (including phenoxy) is 2. The molecule has 2 bridgehead atoms. The zero-order chi connectivity index (χ0) is 11.9. The number of carbonyl (C=O) groups is 1. The summed E-state index contributed by atoms with van der Waals surface area (Å²) < 4.78 is 10.1. The molecule has 0 aromatic rings. The fourth-order valence-corrected chi connectivity index (χ4v) is 3.51. The number of carbonyl (C=O) groups excluding carboxylic acids is 1. The zero-order valence-electron chi connectivity index (χ0n) is 10.5. The molecule has 3 nitrogen and oxygen atoms in total. The van der Waals surface area contributed by atoms with E-state index in [4.69, 9.17) is 9.47 Å². The third-order valence-corrected chi connectivity index (χ3v) is 4.75. The molecular weight excluding hydrogens is 204 g/mol. The first kappa shape index (κ1) is 11.7. The van der Waals surface area contributed by atoms with E-state index in [0.29, 0.717) is 23.2 Å². The highest BCUT2D eigenvalue weighted by Gasteiger charge is 2.57. The Labute approximate surface area is 97.5 Å². The van der Waals surface area contributed by atoms with Gasteiger partial charge < -0.3 is 9.47 Å². The van der Waals surface area contributed by atoms with E-state index in [2.05, 4.69) is 20.8 Å². The summed E-state index contributed by atoms with van der Waals surface area (Å²) >= 11 is 0. The maximum Gasteiger partial charge on any atom is 0.508 e. The van der Waals surface area contributed by atoms with Crippen LogP contribution in [0.1, 0.15) is 40.5 Å². The van der Waals surface area contributed by atoms with Gasteiger partial charge in [0.2, 0.25) is 0 Å². The van der Waals surface area contributed by atoms with E-state index < -0.39 is 6.16 Å². The normalized spacial score (nSPS) is 39.8. The van der Waals surface area contributed by atoms with Crippen LogP contribution in [0.25, 0.3) is 0 Å². The summed E-state index contributed by atoms with van der Waals surface area (Å²) in [6.07, 6.45) is 1.77. The van der Waals surface area contributed by atoms with Crippen LogP contribution in [0.15, 0.2) is 0 Å². The monoisotopic (exact) mass is 225 g/mol. The Kier molecular flexibility index (Phi) is 2.89. The van der Waals surface area contributed by atoms with Gasteiger partial charge in [0, 0.05) is 0 Å². The molecule has 3 rings (SSSR count). The first-order valence-electron chi connectivity index (χ1n) is 6.12. The maximum absolute atomic E-state index is 11.3. The van der Waals surface area contributed by atoms with E-state index in [9.17, 15) is 4.79 Å². The fourth-order valence-electron chi connectivity index (χ4n) is 3.51. The molecule has 91 valence electrons. The number of hydrogen-bond acceptors (Lipinski definition) is 3. The Morgan fingerprint density at radius 1 is 1.38 bits per heavy atom. The molecule has 4 unspecified atom stereocenters. The van der Waals surface area contributed by atoms with Crippen molar-refractivity contribution in [3.05, 3.63) is 6.61 Å². The summed E-state index contributed by atoms with van der Waals surface area (Å²) in [7, 11) is 0. The van der Waals surface area contributed by atoms with E-state index >= 15 is 0 Å². The van der Waals surface area contributed by atoms with E-state index in [-0.39, 0.29) is 6.10 Å². The van der Waals surface area contributed by atoms with Crippen molar-refractivity contribution in [2.24, 2.45) is 23.2 Å². The van der Waals surface area contributed by atoms with Gasteiger partial charge in [-0.2, -0.15) is 0 Å². The van der Waals surface area contributed by atoms with E-state index in [1.165, 1.54) is 13.0 Å². The van der Waals surface area contributed by atoms with Gasteiger partial charge in [-0.3, -0.25) is 0 Å². The van der Waals surface area contributed by atoms with Crippen LogP contribution in [0.5, 0.6) is 0 Å². The first-order chi connectivity index (χ1) is 7.46. The van der Waals surface area contributed by atoms with Gasteiger partial charge in [-0.05, 0) is 42.9 Å². The zero-order valence-corrected chi connectivity index (χ0v) is 10.5. The smallest absolute Gasteiger partial charge is 0.431 e. The maximum atomic E-state index is 11.3. The lowest BCUT2D eigenvalue weighted by Gasteiger charge is -2.61. The van der Waals surface area contributed by atoms with E-state index in [1.807, 2.05) is 0 Å². The highest BCUT2D eigenvalue weighted by atomic mass is 16.7. The van der Waals surface area contributed by atoms with Gasteiger partial charge in [0.05, 0.1) is 0 Å². The highest BCUT2D eigenvalue weighted by Crippen LogP contribution is 2.61. The molecule has 3 aliphatic rings. The Balaban J connectivity index is 1.93. The fraction of sp³-hybridized carbons (Fsp3) is 0.846. The van der Waals surface area contributed by atoms with Gasteiger partial charge in [0.1, 0.15) is 12.7 Å². The van der Waals surface area contributed by atoms with Gasteiger partial charge >= 0.3 is 6.16 Å². The summed E-state index contributed by atoms with van der Waals surface area (Å²) in [6.45, 7) is 9.88. The molecule has 3 heteroatoms. The van der Waals surface area contributed by atoms with Crippen molar-refractivity contribution in [1.82, 2.24) is 0 Å². The molecule has 3 aliphatic carbocycles. The number of hydrogen-bond donors (Lipinski definition) is 0. The molecule has 0 saturated heterocycles. The van der Waals surface area contributed by atoms with Crippen molar-refractivity contribution in [2.45, 2.75) is 46.6 Å². The average Bonchev–Trinajstić information content (AvgIpc) is 2.20. The SMILES string of the molecule is C[CH]OC(=O)OC1CC2CC(C1C)C2(C)C. The van der Waals surface area contributed by atoms with E-state index in [1.54, 1.807) is 6.92 Å². The Morgan fingerprint density at radius 2 is 2.06 bits per heavy atom. The third kappa shape index (κ3) is 1.70. The average molecular weight is 225 g/mol. The van der Waals surface area contributed by atoms with Crippen LogP contribution in [-0.2, 0) is 9.47 Å². The Morgan fingerprint density at radius 3 is 2.56 bits per heavy atom. The topological polar surface area (TPSA) is 35.5 Å². The molecule has 4 atom stereocenters. The van der Waals surface area contributed by atoms with Crippen LogP contribution in [0.3, 0.4) is 0 Å².